The van der Waals surface area contributed by atoms with Gasteiger partial charge in [0.15, 0.2) is 6.29 Å². The molecule has 1 aromatic rings. The third-order valence-electron chi connectivity index (χ3n) is 3.45. The lowest BCUT2D eigenvalue weighted by Crippen LogP contribution is -2.41. The van der Waals surface area contributed by atoms with E-state index in [2.05, 4.69) is 17.0 Å². The molecule has 0 heterocycles. The Morgan fingerprint density at radius 1 is 0.958 bits per heavy atom. The van der Waals surface area contributed by atoms with Crippen LogP contribution >= 0.6 is 0 Å². The van der Waals surface area contributed by atoms with Crippen LogP contribution in [0.2, 0.25) is 0 Å². The highest BCUT2D eigenvalue weighted by atomic mass is 16.7. The smallest absolute Gasteiger partial charge is 0.170 e. The Kier molecular flexibility index (Phi) is 10.9. The lowest BCUT2D eigenvalue weighted by molar-refractivity contribution is -0.150. The molecular formula is C19H33NO4. The Morgan fingerprint density at radius 2 is 1.58 bits per heavy atom. The zero-order chi connectivity index (χ0) is 17.8. The van der Waals surface area contributed by atoms with Crippen molar-refractivity contribution in [2.75, 3.05) is 32.9 Å². The lowest BCUT2D eigenvalue weighted by Gasteiger charge is -2.29. The predicted octanol–water partition coefficient (Wildman–Crippen LogP) is 2.67. The summed E-state index contributed by atoms with van der Waals surface area (Å²) in [6.45, 7) is 11.2. The highest BCUT2D eigenvalue weighted by Gasteiger charge is 2.18. The molecule has 0 bridgehead atoms. The van der Waals surface area contributed by atoms with Gasteiger partial charge in [-0.1, -0.05) is 30.3 Å². The van der Waals surface area contributed by atoms with Crippen molar-refractivity contribution in [3.63, 3.8) is 0 Å². The summed E-state index contributed by atoms with van der Waals surface area (Å²) in [5, 5.41) is 10.3. The Hall–Kier alpha value is -0.980. The second-order valence-corrected chi connectivity index (χ2v) is 6.06. The second kappa shape index (κ2) is 12.4. The molecule has 0 aliphatic rings. The molecule has 1 rings (SSSR count). The molecule has 0 saturated carbocycles. The Balaban J connectivity index is 2.66. The van der Waals surface area contributed by atoms with E-state index < -0.39 is 6.10 Å². The van der Waals surface area contributed by atoms with Gasteiger partial charge in [-0.2, -0.15) is 0 Å². The van der Waals surface area contributed by atoms with Gasteiger partial charge in [0, 0.05) is 32.8 Å². The number of rotatable bonds is 13. The van der Waals surface area contributed by atoms with Gasteiger partial charge in [0.2, 0.25) is 0 Å². The number of hydrogen-bond donors (Lipinski definition) is 1. The first kappa shape index (κ1) is 21.1. The summed E-state index contributed by atoms with van der Waals surface area (Å²) in [7, 11) is 0. The zero-order valence-corrected chi connectivity index (χ0v) is 15.5. The van der Waals surface area contributed by atoms with Crippen LogP contribution < -0.4 is 0 Å². The molecule has 0 radical (unpaired) electrons. The fraction of sp³-hybridized carbons (Fsp3) is 0.684. The molecule has 0 aliphatic carbocycles. The van der Waals surface area contributed by atoms with Crippen molar-refractivity contribution < 1.29 is 19.3 Å². The molecule has 0 fully saturated rings. The molecule has 0 amide bonds. The Morgan fingerprint density at radius 3 is 2.12 bits per heavy atom. The van der Waals surface area contributed by atoms with Crippen LogP contribution in [-0.2, 0) is 20.8 Å². The summed E-state index contributed by atoms with van der Waals surface area (Å²) in [4.78, 5) is 2.15. The third-order valence-corrected chi connectivity index (χ3v) is 3.45. The van der Waals surface area contributed by atoms with E-state index in [1.54, 1.807) is 0 Å². The van der Waals surface area contributed by atoms with Crippen molar-refractivity contribution >= 4 is 0 Å². The maximum Gasteiger partial charge on any atom is 0.170 e. The second-order valence-electron chi connectivity index (χ2n) is 6.06. The molecule has 138 valence electrons. The predicted molar refractivity (Wildman–Crippen MR) is 95.9 cm³/mol. The highest BCUT2D eigenvalue weighted by molar-refractivity contribution is 5.14. The molecule has 24 heavy (non-hydrogen) atoms. The van der Waals surface area contributed by atoms with Gasteiger partial charge in [-0.25, -0.2) is 0 Å². The molecule has 1 aromatic carbocycles. The van der Waals surface area contributed by atoms with Gasteiger partial charge in [0.1, 0.15) is 0 Å². The summed E-state index contributed by atoms with van der Waals surface area (Å²) < 4.78 is 16.8. The van der Waals surface area contributed by atoms with E-state index in [9.17, 15) is 5.11 Å². The minimum Gasteiger partial charge on any atom is -0.389 e. The van der Waals surface area contributed by atoms with Crippen molar-refractivity contribution in [2.24, 2.45) is 0 Å². The normalized spacial score (nSPS) is 13.2. The molecule has 0 aromatic heterocycles. The topological polar surface area (TPSA) is 51.2 Å². The van der Waals surface area contributed by atoms with Gasteiger partial charge in [0.25, 0.3) is 0 Å². The summed E-state index contributed by atoms with van der Waals surface area (Å²) >= 11 is 0. The first-order chi connectivity index (χ1) is 11.5. The van der Waals surface area contributed by atoms with Crippen LogP contribution in [-0.4, -0.2) is 61.4 Å². The standard InChI is InChI=1S/C19H33NO4/c1-5-22-19(23-6-2)14-20(12-17-10-8-7-9-11-17)13-18(21)15-24-16(3)4/h7-11,16,18-19,21H,5-6,12-15H2,1-4H3. The van der Waals surface area contributed by atoms with Crippen molar-refractivity contribution in [1.29, 1.82) is 0 Å². The average Bonchev–Trinajstić information content (AvgIpc) is 2.54. The van der Waals surface area contributed by atoms with Gasteiger partial charge in [-0.3, -0.25) is 4.90 Å². The van der Waals surface area contributed by atoms with Gasteiger partial charge >= 0.3 is 0 Å². The van der Waals surface area contributed by atoms with Crippen molar-refractivity contribution in [3.05, 3.63) is 35.9 Å². The van der Waals surface area contributed by atoms with Crippen molar-refractivity contribution in [2.45, 2.75) is 52.7 Å². The molecule has 1 atom stereocenters. The van der Waals surface area contributed by atoms with Crippen molar-refractivity contribution in [3.8, 4) is 0 Å². The zero-order valence-electron chi connectivity index (χ0n) is 15.5. The van der Waals surface area contributed by atoms with E-state index in [-0.39, 0.29) is 12.4 Å². The number of hydrogen-bond acceptors (Lipinski definition) is 5. The number of benzene rings is 1. The van der Waals surface area contributed by atoms with Gasteiger partial charge in [-0.05, 0) is 33.3 Å². The van der Waals surface area contributed by atoms with E-state index in [1.165, 1.54) is 5.56 Å². The largest absolute Gasteiger partial charge is 0.389 e. The minimum absolute atomic E-state index is 0.113. The van der Waals surface area contributed by atoms with Crippen LogP contribution in [0.15, 0.2) is 30.3 Å². The average molecular weight is 339 g/mol. The fourth-order valence-corrected chi connectivity index (χ4v) is 2.44. The SMILES string of the molecule is CCOC(CN(Cc1ccccc1)CC(O)COC(C)C)OCC. The maximum atomic E-state index is 10.3. The summed E-state index contributed by atoms with van der Waals surface area (Å²) in [5.74, 6) is 0. The maximum absolute atomic E-state index is 10.3. The van der Waals surface area contributed by atoms with Crippen LogP contribution in [0.5, 0.6) is 0 Å². The number of aliphatic hydroxyl groups excluding tert-OH is 1. The van der Waals surface area contributed by atoms with E-state index >= 15 is 0 Å². The Bertz CT molecular complexity index is 407. The van der Waals surface area contributed by atoms with E-state index in [4.69, 9.17) is 14.2 Å². The summed E-state index contributed by atoms with van der Waals surface area (Å²) in [5.41, 5.74) is 1.20. The van der Waals surface area contributed by atoms with E-state index in [0.717, 1.165) is 6.54 Å². The number of ether oxygens (including phenoxy) is 3. The van der Waals surface area contributed by atoms with Crippen LogP contribution in [0.4, 0.5) is 0 Å². The molecule has 1 unspecified atom stereocenters. The summed E-state index contributed by atoms with van der Waals surface area (Å²) in [6, 6.07) is 10.2. The third kappa shape index (κ3) is 9.35. The van der Waals surface area contributed by atoms with Gasteiger partial charge in [0.05, 0.1) is 18.8 Å². The Labute approximate surface area is 146 Å². The van der Waals surface area contributed by atoms with Crippen LogP contribution in [0.1, 0.15) is 33.3 Å². The first-order valence-electron chi connectivity index (χ1n) is 8.84. The highest BCUT2D eigenvalue weighted by Crippen LogP contribution is 2.09. The van der Waals surface area contributed by atoms with Crippen LogP contribution in [0.3, 0.4) is 0 Å². The van der Waals surface area contributed by atoms with E-state index in [0.29, 0.717) is 32.9 Å². The van der Waals surface area contributed by atoms with Crippen molar-refractivity contribution in [1.82, 2.24) is 4.90 Å². The summed E-state index contributed by atoms with van der Waals surface area (Å²) in [6.07, 6.45) is -0.719. The van der Waals surface area contributed by atoms with Gasteiger partial charge in [-0.15, -0.1) is 0 Å². The fourth-order valence-electron chi connectivity index (χ4n) is 2.44. The minimum atomic E-state index is -0.542. The molecular weight excluding hydrogens is 306 g/mol. The van der Waals surface area contributed by atoms with Crippen LogP contribution in [0.25, 0.3) is 0 Å². The lowest BCUT2D eigenvalue weighted by atomic mass is 10.2. The molecule has 0 saturated heterocycles. The van der Waals surface area contributed by atoms with Gasteiger partial charge < -0.3 is 19.3 Å². The molecule has 0 spiro atoms. The van der Waals surface area contributed by atoms with Crippen LogP contribution in [0, 0.1) is 0 Å². The monoisotopic (exact) mass is 339 g/mol. The van der Waals surface area contributed by atoms with E-state index in [1.807, 2.05) is 45.9 Å². The first-order valence-corrected chi connectivity index (χ1v) is 8.84. The molecule has 1 N–H and O–H groups in total. The number of nitrogens with zero attached hydrogens (tertiary/aromatic N) is 1. The molecule has 0 aliphatic heterocycles. The molecule has 5 nitrogen and oxygen atoms in total. The molecule has 5 heteroatoms. The number of aliphatic hydroxyl groups is 1. The quantitative estimate of drug-likeness (QED) is 0.560.